The first kappa shape index (κ1) is 12.0. The largest absolute Gasteiger partial charge is 0.425 e. The van der Waals surface area contributed by atoms with Crippen LogP contribution < -0.4 is 22.1 Å². The Morgan fingerprint density at radius 3 is 2.78 bits per heavy atom. The molecule has 0 atom stereocenters. The zero-order valence-corrected chi connectivity index (χ0v) is 9.94. The number of anilines is 2. The van der Waals surface area contributed by atoms with E-state index in [4.69, 9.17) is 11.1 Å². The molecule has 8 nitrogen and oxygen atoms in total. The molecule has 96 valence electrons. The third-order valence-electron chi connectivity index (χ3n) is 2.33. The van der Waals surface area contributed by atoms with Crippen LogP contribution in [0.3, 0.4) is 0 Å². The molecule has 0 aliphatic carbocycles. The minimum Gasteiger partial charge on any atom is -0.425 e. The van der Waals surface area contributed by atoms with Gasteiger partial charge in [-0.3, -0.25) is 10.2 Å². The lowest BCUT2D eigenvalue weighted by molar-refractivity contribution is 0.143. The summed E-state index contributed by atoms with van der Waals surface area (Å²) in [6.45, 7) is 0.324. The van der Waals surface area contributed by atoms with Crippen molar-refractivity contribution in [3.05, 3.63) is 38.2 Å². The zero-order chi connectivity index (χ0) is 13.3. The van der Waals surface area contributed by atoms with Crippen LogP contribution in [0.2, 0.25) is 0 Å². The zero-order valence-electron chi connectivity index (χ0n) is 9.12. The van der Waals surface area contributed by atoms with E-state index >= 15 is 0 Å². The molecular formula is C9H11N5O3S. The molecule has 0 fully saturated rings. The molecule has 0 spiro atoms. The van der Waals surface area contributed by atoms with Gasteiger partial charge in [-0.25, -0.2) is 0 Å². The van der Waals surface area contributed by atoms with Gasteiger partial charge in [0.25, 0.3) is 0 Å². The first-order valence-electron chi connectivity index (χ1n) is 4.88. The van der Waals surface area contributed by atoms with Crippen molar-refractivity contribution in [1.29, 1.82) is 5.41 Å². The number of nitrogens with zero attached hydrogens (tertiary/aromatic N) is 2. The summed E-state index contributed by atoms with van der Waals surface area (Å²) in [4.78, 5) is 11.4. The molecule has 0 aliphatic heterocycles. The summed E-state index contributed by atoms with van der Waals surface area (Å²) in [7, 11) is 0. The molecule has 0 saturated carbocycles. The van der Waals surface area contributed by atoms with E-state index in [0.717, 1.165) is 5.56 Å². The fraction of sp³-hybridized carbons (Fsp3) is 0.111. The van der Waals surface area contributed by atoms with Crippen molar-refractivity contribution >= 4 is 23.0 Å². The third kappa shape index (κ3) is 1.91. The Morgan fingerprint density at radius 1 is 1.44 bits per heavy atom. The second-order valence-electron chi connectivity index (χ2n) is 3.50. The van der Waals surface area contributed by atoms with Crippen molar-refractivity contribution < 1.29 is 10.4 Å². The van der Waals surface area contributed by atoms with E-state index in [2.05, 4.69) is 5.32 Å². The van der Waals surface area contributed by atoms with Crippen LogP contribution in [0.15, 0.2) is 21.6 Å². The molecule has 0 amide bonds. The lowest BCUT2D eigenvalue weighted by atomic mass is 10.3. The number of rotatable bonds is 3. The summed E-state index contributed by atoms with van der Waals surface area (Å²) in [5.41, 5.74) is 4.55. The lowest BCUT2D eigenvalue weighted by Gasteiger charge is -2.13. The van der Waals surface area contributed by atoms with Gasteiger partial charge in [0.1, 0.15) is 0 Å². The lowest BCUT2D eigenvalue weighted by Crippen LogP contribution is -2.42. The number of nitrogens with one attached hydrogen (secondary N) is 2. The fourth-order valence-corrected chi connectivity index (χ4v) is 2.03. The van der Waals surface area contributed by atoms with Crippen LogP contribution >= 0.6 is 11.3 Å². The van der Waals surface area contributed by atoms with Crippen LogP contribution in [0, 0.1) is 5.41 Å². The van der Waals surface area contributed by atoms with Gasteiger partial charge in [0.05, 0.1) is 0 Å². The average molecular weight is 269 g/mol. The highest BCUT2D eigenvalue weighted by atomic mass is 32.1. The molecule has 6 N–H and O–H groups in total. The maximum absolute atomic E-state index is 11.4. The van der Waals surface area contributed by atoms with Crippen LogP contribution in [0.4, 0.5) is 11.6 Å². The number of aromatic nitrogens is 2. The van der Waals surface area contributed by atoms with E-state index in [1.807, 2.05) is 16.8 Å². The van der Waals surface area contributed by atoms with E-state index in [0.29, 0.717) is 6.54 Å². The van der Waals surface area contributed by atoms with E-state index in [-0.39, 0.29) is 21.1 Å². The second kappa shape index (κ2) is 4.45. The Balaban J connectivity index is 2.39. The summed E-state index contributed by atoms with van der Waals surface area (Å²) in [6.07, 6.45) is 0. The summed E-state index contributed by atoms with van der Waals surface area (Å²) in [5.74, 6) is -0.484. The molecule has 0 saturated heterocycles. The Morgan fingerprint density at radius 2 is 2.17 bits per heavy atom. The molecule has 9 heteroatoms. The molecule has 18 heavy (non-hydrogen) atoms. The summed E-state index contributed by atoms with van der Waals surface area (Å²) < 4.78 is 0.418. The van der Waals surface area contributed by atoms with Gasteiger partial charge in [0.2, 0.25) is 5.49 Å². The third-order valence-corrected chi connectivity index (χ3v) is 3.06. The standard InChI is InChI=1S/C9H11N5O3S/c10-6-8(12-3-5-1-2-18-4-5)14(17)9(15)7(11)13(6)16/h1-2,4,11-12,16-17H,3,10H2. The Hall–Kier alpha value is -2.42. The summed E-state index contributed by atoms with van der Waals surface area (Å²) in [6, 6.07) is 1.86. The van der Waals surface area contributed by atoms with Gasteiger partial charge >= 0.3 is 5.56 Å². The highest BCUT2D eigenvalue weighted by molar-refractivity contribution is 7.07. The number of hydrogen-bond acceptors (Lipinski definition) is 7. The molecule has 0 radical (unpaired) electrons. The Kier molecular flexibility index (Phi) is 2.98. The number of nitrogens with two attached hydrogens (primary N) is 1. The molecule has 0 unspecified atom stereocenters. The topological polar surface area (TPSA) is 129 Å². The van der Waals surface area contributed by atoms with E-state index in [1.165, 1.54) is 11.3 Å². The monoisotopic (exact) mass is 269 g/mol. The number of hydrogen-bond donors (Lipinski definition) is 5. The molecule has 0 aromatic carbocycles. The van der Waals surface area contributed by atoms with Crippen LogP contribution in [0.5, 0.6) is 0 Å². The Bertz CT molecular complexity index is 673. The van der Waals surface area contributed by atoms with Crippen molar-refractivity contribution in [2.24, 2.45) is 0 Å². The normalized spacial score (nSPS) is 10.4. The van der Waals surface area contributed by atoms with Gasteiger partial charge in [-0.2, -0.15) is 11.3 Å². The quantitative estimate of drug-likeness (QED) is 0.495. The smallest absolute Gasteiger partial charge is 0.330 e. The van der Waals surface area contributed by atoms with Gasteiger partial charge in [0, 0.05) is 6.54 Å². The molecule has 2 heterocycles. The van der Waals surface area contributed by atoms with Crippen molar-refractivity contribution in [3.63, 3.8) is 0 Å². The fourth-order valence-electron chi connectivity index (χ4n) is 1.37. The summed E-state index contributed by atoms with van der Waals surface area (Å²) in [5, 5.41) is 32.6. The molecule has 0 aliphatic rings. The van der Waals surface area contributed by atoms with Gasteiger partial charge in [-0.15, -0.1) is 9.46 Å². The minimum atomic E-state index is -1.07. The van der Waals surface area contributed by atoms with Gasteiger partial charge < -0.3 is 21.5 Å². The van der Waals surface area contributed by atoms with E-state index < -0.39 is 11.0 Å². The summed E-state index contributed by atoms with van der Waals surface area (Å²) >= 11 is 1.51. The molecular weight excluding hydrogens is 258 g/mol. The SMILES string of the molecule is N=c1c(=O)n(O)c(NCc2ccsc2)c(N)n1O. The highest BCUT2D eigenvalue weighted by Crippen LogP contribution is 2.14. The van der Waals surface area contributed by atoms with Crippen molar-refractivity contribution in [2.45, 2.75) is 6.54 Å². The van der Waals surface area contributed by atoms with Crippen molar-refractivity contribution in [3.8, 4) is 0 Å². The van der Waals surface area contributed by atoms with Crippen LogP contribution in [-0.2, 0) is 6.54 Å². The maximum atomic E-state index is 11.4. The minimum absolute atomic E-state index is 0.162. The number of thiophene rings is 1. The molecule has 2 aromatic rings. The predicted octanol–water partition coefficient (Wildman–Crippen LogP) is -0.140. The molecule has 2 rings (SSSR count). The maximum Gasteiger partial charge on any atom is 0.330 e. The van der Waals surface area contributed by atoms with Crippen LogP contribution in [0.25, 0.3) is 0 Å². The van der Waals surface area contributed by atoms with Crippen LogP contribution in [0.1, 0.15) is 5.56 Å². The molecule has 0 bridgehead atoms. The van der Waals surface area contributed by atoms with E-state index in [1.54, 1.807) is 0 Å². The first-order valence-corrected chi connectivity index (χ1v) is 5.82. The van der Waals surface area contributed by atoms with E-state index in [9.17, 15) is 15.2 Å². The van der Waals surface area contributed by atoms with Gasteiger partial charge in [0.15, 0.2) is 11.6 Å². The molecule has 2 aromatic heterocycles. The highest BCUT2D eigenvalue weighted by Gasteiger charge is 2.14. The first-order chi connectivity index (χ1) is 8.52. The second-order valence-corrected chi connectivity index (χ2v) is 4.28. The van der Waals surface area contributed by atoms with Gasteiger partial charge in [-0.1, -0.05) is 0 Å². The van der Waals surface area contributed by atoms with Crippen LogP contribution in [-0.4, -0.2) is 19.9 Å². The van der Waals surface area contributed by atoms with Gasteiger partial charge in [-0.05, 0) is 22.4 Å². The Labute approximate surface area is 105 Å². The predicted molar refractivity (Wildman–Crippen MR) is 65.0 cm³/mol. The average Bonchev–Trinajstić information content (AvgIpc) is 2.87. The number of nitrogen functional groups attached to an aromatic ring is 1. The van der Waals surface area contributed by atoms with Crippen molar-refractivity contribution in [1.82, 2.24) is 9.46 Å². The van der Waals surface area contributed by atoms with Crippen molar-refractivity contribution in [2.75, 3.05) is 11.1 Å².